The van der Waals surface area contributed by atoms with Gasteiger partial charge in [-0.2, -0.15) is 0 Å². The smallest absolute Gasteiger partial charge is 0.149 e. The maximum atomic E-state index is 9.61. The highest BCUT2D eigenvalue weighted by Gasteiger charge is 2.03. The van der Waals surface area contributed by atoms with Gasteiger partial charge in [-0.25, -0.2) is 0 Å². The van der Waals surface area contributed by atoms with Crippen LogP contribution >= 0.6 is 0 Å². The average molecular weight is 258 g/mol. The Morgan fingerprint density at radius 1 is 1.28 bits per heavy atom. The van der Waals surface area contributed by atoms with Gasteiger partial charge in [-0.05, 0) is 26.2 Å². The second-order valence-electron chi connectivity index (χ2n) is 4.39. The summed E-state index contributed by atoms with van der Waals surface area (Å²) in [6, 6.07) is 0. The molecule has 0 radical (unpaired) electrons. The van der Waals surface area contributed by atoms with Gasteiger partial charge in [0.2, 0.25) is 0 Å². The molecule has 1 N–H and O–H groups in total. The summed E-state index contributed by atoms with van der Waals surface area (Å²) >= 11 is 0. The van der Waals surface area contributed by atoms with E-state index in [9.17, 15) is 5.11 Å². The highest BCUT2D eigenvalue weighted by molar-refractivity contribution is 5.05. The van der Waals surface area contributed by atoms with Gasteiger partial charge in [-0.1, -0.05) is 30.7 Å². The zero-order valence-electron chi connectivity index (χ0n) is 11.9. The molecule has 0 amide bonds. The minimum atomic E-state index is -0.399. The molecule has 18 heavy (non-hydrogen) atoms. The predicted octanol–water partition coefficient (Wildman–Crippen LogP) is 2.49. The largest absolute Gasteiger partial charge is 0.389 e. The lowest BCUT2D eigenvalue weighted by atomic mass is 10.0. The standard InChI is InChI=1S/C14H26O4/c1-5-6-14(15)8-12(2)7-13(3)9-17-11-18-10-16-4/h5-7,13-15H,8-11H2,1-4H3/b6-5+,12-7-/t13-,14-/m1/s1. The summed E-state index contributed by atoms with van der Waals surface area (Å²) in [5.41, 5.74) is 1.16. The summed E-state index contributed by atoms with van der Waals surface area (Å²) in [5, 5.41) is 9.61. The molecular formula is C14H26O4. The third kappa shape index (κ3) is 10.5. The van der Waals surface area contributed by atoms with E-state index in [0.29, 0.717) is 18.9 Å². The van der Waals surface area contributed by atoms with Crippen LogP contribution in [0.4, 0.5) is 0 Å². The lowest BCUT2D eigenvalue weighted by molar-refractivity contribution is -0.123. The van der Waals surface area contributed by atoms with Gasteiger partial charge in [-0.3, -0.25) is 0 Å². The van der Waals surface area contributed by atoms with Crippen LogP contribution in [0.1, 0.15) is 27.2 Å². The molecule has 0 heterocycles. The highest BCUT2D eigenvalue weighted by atomic mass is 16.7. The maximum Gasteiger partial charge on any atom is 0.149 e. The first-order chi connectivity index (χ1) is 8.60. The quantitative estimate of drug-likeness (QED) is 0.371. The number of aliphatic hydroxyl groups excluding tert-OH is 1. The molecule has 0 rings (SSSR count). The van der Waals surface area contributed by atoms with Crippen LogP contribution < -0.4 is 0 Å². The van der Waals surface area contributed by atoms with E-state index in [0.717, 1.165) is 5.57 Å². The molecule has 0 bridgehead atoms. The van der Waals surface area contributed by atoms with Gasteiger partial charge < -0.3 is 19.3 Å². The van der Waals surface area contributed by atoms with Crippen LogP contribution in [0.25, 0.3) is 0 Å². The number of methoxy groups -OCH3 is 1. The van der Waals surface area contributed by atoms with Crippen molar-refractivity contribution in [2.75, 3.05) is 27.3 Å². The van der Waals surface area contributed by atoms with Crippen molar-refractivity contribution < 1.29 is 19.3 Å². The molecule has 106 valence electrons. The van der Waals surface area contributed by atoms with Gasteiger partial charge in [0.25, 0.3) is 0 Å². The number of rotatable bonds is 10. The van der Waals surface area contributed by atoms with E-state index < -0.39 is 6.10 Å². The minimum Gasteiger partial charge on any atom is -0.389 e. The summed E-state index contributed by atoms with van der Waals surface area (Å²) in [6.07, 6.45) is 6.02. The van der Waals surface area contributed by atoms with Gasteiger partial charge in [0.15, 0.2) is 0 Å². The zero-order valence-corrected chi connectivity index (χ0v) is 11.9. The zero-order chi connectivity index (χ0) is 13.8. The average Bonchev–Trinajstić information content (AvgIpc) is 2.28. The Bertz CT molecular complexity index is 248. The lowest BCUT2D eigenvalue weighted by Gasteiger charge is -2.11. The van der Waals surface area contributed by atoms with Crippen molar-refractivity contribution in [3.8, 4) is 0 Å². The van der Waals surface area contributed by atoms with E-state index in [1.165, 1.54) is 0 Å². The summed E-state index contributed by atoms with van der Waals surface area (Å²) < 4.78 is 15.1. The van der Waals surface area contributed by atoms with Crippen LogP contribution in [0.5, 0.6) is 0 Å². The molecule has 0 unspecified atom stereocenters. The highest BCUT2D eigenvalue weighted by Crippen LogP contribution is 2.10. The van der Waals surface area contributed by atoms with Crippen LogP contribution in [0.15, 0.2) is 23.8 Å². The van der Waals surface area contributed by atoms with Gasteiger partial charge in [-0.15, -0.1) is 0 Å². The van der Waals surface area contributed by atoms with Crippen LogP contribution in [0.2, 0.25) is 0 Å². The molecular weight excluding hydrogens is 232 g/mol. The molecule has 0 aromatic rings. The third-order valence-corrected chi connectivity index (χ3v) is 2.26. The van der Waals surface area contributed by atoms with Crippen molar-refractivity contribution in [3.05, 3.63) is 23.8 Å². The molecule has 0 saturated carbocycles. The number of aliphatic hydroxyl groups is 1. The van der Waals surface area contributed by atoms with E-state index >= 15 is 0 Å². The molecule has 0 aliphatic rings. The van der Waals surface area contributed by atoms with Crippen molar-refractivity contribution in [2.45, 2.75) is 33.3 Å². The second kappa shape index (κ2) is 11.4. The fourth-order valence-electron chi connectivity index (χ4n) is 1.63. The number of hydrogen-bond acceptors (Lipinski definition) is 4. The van der Waals surface area contributed by atoms with Crippen molar-refractivity contribution in [1.29, 1.82) is 0 Å². The van der Waals surface area contributed by atoms with E-state index in [-0.39, 0.29) is 13.6 Å². The molecule has 0 saturated heterocycles. The number of ether oxygens (including phenoxy) is 3. The Labute approximate surface area is 110 Å². The maximum absolute atomic E-state index is 9.61. The SMILES string of the molecule is C/C=C/[C@@H](O)C/C(C)=C\[C@@H](C)COCOCOC. The Morgan fingerprint density at radius 2 is 2.00 bits per heavy atom. The molecule has 0 aromatic heterocycles. The molecule has 0 aliphatic heterocycles. The van der Waals surface area contributed by atoms with Crippen LogP contribution in [0.3, 0.4) is 0 Å². The molecule has 0 spiro atoms. The normalized spacial score (nSPS) is 16.2. The predicted molar refractivity (Wildman–Crippen MR) is 72.1 cm³/mol. The fourth-order valence-corrected chi connectivity index (χ4v) is 1.63. The van der Waals surface area contributed by atoms with Gasteiger partial charge in [0.05, 0.1) is 12.7 Å². The van der Waals surface area contributed by atoms with Crippen molar-refractivity contribution in [2.24, 2.45) is 5.92 Å². The Morgan fingerprint density at radius 3 is 2.61 bits per heavy atom. The third-order valence-electron chi connectivity index (χ3n) is 2.26. The molecule has 0 aliphatic carbocycles. The Balaban J connectivity index is 3.78. The van der Waals surface area contributed by atoms with E-state index in [4.69, 9.17) is 14.2 Å². The van der Waals surface area contributed by atoms with Crippen LogP contribution in [0, 0.1) is 5.92 Å². The fraction of sp³-hybridized carbons (Fsp3) is 0.714. The van der Waals surface area contributed by atoms with Gasteiger partial charge >= 0.3 is 0 Å². The lowest BCUT2D eigenvalue weighted by Crippen LogP contribution is -2.09. The summed E-state index contributed by atoms with van der Waals surface area (Å²) in [5.74, 6) is 0.300. The van der Waals surface area contributed by atoms with Crippen molar-refractivity contribution >= 4 is 0 Å². The molecule has 4 nitrogen and oxygen atoms in total. The van der Waals surface area contributed by atoms with Gasteiger partial charge in [0, 0.05) is 7.11 Å². The van der Waals surface area contributed by atoms with Crippen molar-refractivity contribution in [3.63, 3.8) is 0 Å². The first kappa shape index (κ1) is 17.3. The topological polar surface area (TPSA) is 47.9 Å². The Kier molecular flexibility index (Phi) is 11.0. The van der Waals surface area contributed by atoms with E-state index in [2.05, 4.69) is 13.0 Å². The number of allylic oxidation sites excluding steroid dienone is 1. The molecule has 0 fully saturated rings. The van der Waals surface area contributed by atoms with Crippen molar-refractivity contribution in [1.82, 2.24) is 0 Å². The van der Waals surface area contributed by atoms with Crippen LogP contribution in [-0.2, 0) is 14.2 Å². The number of hydrogen-bond donors (Lipinski definition) is 1. The summed E-state index contributed by atoms with van der Waals surface area (Å²) in [7, 11) is 1.57. The first-order valence-electron chi connectivity index (χ1n) is 6.22. The molecule has 2 atom stereocenters. The van der Waals surface area contributed by atoms with E-state index in [1.54, 1.807) is 13.2 Å². The monoisotopic (exact) mass is 258 g/mol. The summed E-state index contributed by atoms with van der Waals surface area (Å²) in [6.45, 7) is 7.08. The van der Waals surface area contributed by atoms with Gasteiger partial charge in [0.1, 0.15) is 13.6 Å². The molecule has 0 aromatic carbocycles. The minimum absolute atomic E-state index is 0.242. The second-order valence-corrected chi connectivity index (χ2v) is 4.39. The van der Waals surface area contributed by atoms with E-state index in [1.807, 2.05) is 19.9 Å². The first-order valence-corrected chi connectivity index (χ1v) is 6.22. The molecule has 4 heteroatoms. The Hall–Kier alpha value is -0.680. The van der Waals surface area contributed by atoms with Crippen LogP contribution in [-0.4, -0.2) is 38.5 Å². The summed E-state index contributed by atoms with van der Waals surface area (Å²) in [4.78, 5) is 0.